The van der Waals surface area contributed by atoms with Crippen LogP contribution in [0.15, 0.2) is 72.8 Å². The molecule has 3 aromatic rings. The molecular formula is C23H22N2O4. The summed E-state index contributed by atoms with van der Waals surface area (Å²) in [6.45, 7) is 1.90. The van der Waals surface area contributed by atoms with Crippen LogP contribution in [0.5, 0.6) is 11.5 Å². The normalized spacial score (nSPS) is 10.1. The number of anilines is 2. The van der Waals surface area contributed by atoms with Crippen LogP contribution in [0.1, 0.15) is 15.9 Å². The molecule has 0 aliphatic carbocycles. The van der Waals surface area contributed by atoms with E-state index in [-0.39, 0.29) is 18.4 Å². The van der Waals surface area contributed by atoms with Crippen molar-refractivity contribution >= 4 is 23.2 Å². The molecule has 0 fully saturated rings. The van der Waals surface area contributed by atoms with Gasteiger partial charge in [0.1, 0.15) is 11.5 Å². The molecule has 0 aliphatic heterocycles. The number of nitrogens with one attached hydrogen (secondary N) is 2. The number of carbonyl (C=O) groups is 2. The van der Waals surface area contributed by atoms with Crippen LogP contribution in [-0.2, 0) is 4.79 Å². The van der Waals surface area contributed by atoms with E-state index in [1.165, 1.54) is 0 Å². The average molecular weight is 390 g/mol. The van der Waals surface area contributed by atoms with E-state index in [1.807, 2.05) is 31.2 Å². The minimum atomic E-state index is -0.263. The molecule has 6 nitrogen and oxygen atoms in total. The van der Waals surface area contributed by atoms with Crippen molar-refractivity contribution in [3.8, 4) is 11.5 Å². The molecule has 0 unspecified atom stereocenters. The van der Waals surface area contributed by atoms with E-state index in [4.69, 9.17) is 9.47 Å². The Morgan fingerprint density at radius 2 is 1.31 bits per heavy atom. The van der Waals surface area contributed by atoms with Gasteiger partial charge in [-0.05, 0) is 67.6 Å². The van der Waals surface area contributed by atoms with Gasteiger partial charge in [-0.1, -0.05) is 17.7 Å². The average Bonchev–Trinajstić information content (AvgIpc) is 2.75. The Labute approximate surface area is 169 Å². The maximum atomic E-state index is 12.3. The fourth-order valence-electron chi connectivity index (χ4n) is 2.56. The van der Waals surface area contributed by atoms with Crippen molar-refractivity contribution < 1.29 is 19.1 Å². The number of carbonyl (C=O) groups excluding carboxylic acids is 2. The number of hydrogen-bond acceptors (Lipinski definition) is 4. The zero-order valence-electron chi connectivity index (χ0n) is 16.3. The lowest BCUT2D eigenvalue weighted by molar-refractivity contribution is -0.118. The highest BCUT2D eigenvalue weighted by Gasteiger charge is 2.07. The van der Waals surface area contributed by atoms with E-state index in [2.05, 4.69) is 10.6 Å². The zero-order valence-corrected chi connectivity index (χ0v) is 16.3. The largest absolute Gasteiger partial charge is 0.497 e. The van der Waals surface area contributed by atoms with Gasteiger partial charge in [0, 0.05) is 16.9 Å². The van der Waals surface area contributed by atoms with Crippen molar-refractivity contribution in [2.75, 3.05) is 24.4 Å². The number of aryl methyl sites for hydroxylation is 1. The first kappa shape index (κ1) is 19.9. The SMILES string of the molecule is COc1ccc(C(=O)Nc2ccc(NC(=O)COc3ccc(C)cc3)cc2)cc1. The van der Waals surface area contributed by atoms with Crippen molar-refractivity contribution in [1.29, 1.82) is 0 Å². The molecule has 0 heterocycles. The Bertz CT molecular complexity index is 965. The van der Waals surface area contributed by atoms with E-state index >= 15 is 0 Å². The summed E-state index contributed by atoms with van der Waals surface area (Å²) in [6.07, 6.45) is 0. The molecule has 0 spiro atoms. The molecule has 0 radical (unpaired) electrons. The number of amides is 2. The molecule has 2 amide bonds. The van der Waals surface area contributed by atoms with E-state index in [0.717, 1.165) is 5.56 Å². The molecular weight excluding hydrogens is 368 g/mol. The summed E-state index contributed by atoms with van der Waals surface area (Å²) in [5.74, 6) is 0.840. The molecule has 3 aromatic carbocycles. The molecule has 0 saturated carbocycles. The second kappa shape index (κ2) is 9.41. The highest BCUT2D eigenvalue weighted by molar-refractivity contribution is 6.04. The van der Waals surface area contributed by atoms with E-state index < -0.39 is 0 Å². The van der Waals surface area contributed by atoms with Gasteiger partial charge in [-0.3, -0.25) is 9.59 Å². The lowest BCUT2D eigenvalue weighted by Gasteiger charge is -2.09. The van der Waals surface area contributed by atoms with Gasteiger partial charge >= 0.3 is 0 Å². The van der Waals surface area contributed by atoms with E-state index in [9.17, 15) is 9.59 Å². The fraction of sp³-hybridized carbons (Fsp3) is 0.130. The molecule has 0 atom stereocenters. The molecule has 2 N–H and O–H groups in total. The Hall–Kier alpha value is -3.80. The molecule has 0 saturated heterocycles. The van der Waals surface area contributed by atoms with Gasteiger partial charge in [0.05, 0.1) is 7.11 Å². The number of benzene rings is 3. The van der Waals surface area contributed by atoms with Gasteiger partial charge in [0.15, 0.2) is 6.61 Å². The minimum Gasteiger partial charge on any atom is -0.497 e. The summed E-state index contributed by atoms with van der Waals surface area (Å²) in [4.78, 5) is 24.3. The fourth-order valence-corrected chi connectivity index (χ4v) is 2.56. The summed E-state index contributed by atoms with van der Waals surface area (Å²) in [6, 6.07) is 21.2. The second-order valence-electron chi connectivity index (χ2n) is 6.41. The predicted molar refractivity (Wildman–Crippen MR) is 113 cm³/mol. The van der Waals surface area contributed by atoms with E-state index in [0.29, 0.717) is 28.4 Å². The highest BCUT2D eigenvalue weighted by Crippen LogP contribution is 2.17. The van der Waals surface area contributed by atoms with Crippen LogP contribution in [0.3, 0.4) is 0 Å². The van der Waals surface area contributed by atoms with Crippen molar-refractivity contribution in [2.24, 2.45) is 0 Å². The summed E-state index contributed by atoms with van der Waals surface area (Å²) in [5, 5.41) is 5.57. The maximum absolute atomic E-state index is 12.3. The van der Waals surface area contributed by atoms with Crippen molar-refractivity contribution in [2.45, 2.75) is 6.92 Å². The Morgan fingerprint density at radius 1 is 0.759 bits per heavy atom. The Kier molecular flexibility index (Phi) is 6.47. The smallest absolute Gasteiger partial charge is 0.262 e. The van der Waals surface area contributed by atoms with E-state index in [1.54, 1.807) is 55.6 Å². The van der Waals surface area contributed by atoms with Crippen molar-refractivity contribution in [1.82, 2.24) is 0 Å². The topological polar surface area (TPSA) is 76.7 Å². The molecule has 0 aliphatic rings. The molecule has 0 aromatic heterocycles. The van der Waals surface area contributed by atoms with Crippen LogP contribution in [0, 0.1) is 6.92 Å². The van der Waals surface area contributed by atoms with Crippen LogP contribution in [0.2, 0.25) is 0 Å². The minimum absolute atomic E-state index is 0.0843. The van der Waals surface area contributed by atoms with Crippen LogP contribution < -0.4 is 20.1 Å². The molecule has 0 bridgehead atoms. The summed E-state index contributed by atoms with van der Waals surface area (Å²) in [5.41, 5.74) is 2.89. The molecule has 6 heteroatoms. The number of ether oxygens (including phenoxy) is 2. The van der Waals surface area contributed by atoms with Crippen LogP contribution >= 0.6 is 0 Å². The molecule has 148 valence electrons. The van der Waals surface area contributed by atoms with Gasteiger partial charge in [0.2, 0.25) is 0 Å². The van der Waals surface area contributed by atoms with Gasteiger partial charge in [0.25, 0.3) is 11.8 Å². The summed E-state index contributed by atoms with van der Waals surface area (Å²) >= 11 is 0. The van der Waals surface area contributed by atoms with Crippen molar-refractivity contribution in [3.63, 3.8) is 0 Å². The number of rotatable bonds is 7. The monoisotopic (exact) mass is 390 g/mol. The van der Waals surface area contributed by atoms with Gasteiger partial charge in [-0.25, -0.2) is 0 Å². The third kappa shape index (κ3) is 5.84. The number of hydrogen-bond donors (Lipinski definition) is 2. The quantitative estimate of drug-likeness (QED) is 0.632. The third-order valence-electron chi connectivity index (χ3n) is 4.17. The standard InChI is InChI=1S/C23H22N2O4/c1-16-3-11-21(12-4-16)29-15-22(26)24-18-7-9-19(10-8-18)25-23(27)17-5-13-20(28-2)14-6-17/h3-14H,15H2,1-2H3,(H,24,26)(H,25,27). The van der Waals surface area contributed by atoms with Gasteiger partial charge in [-0.2, -0.15) is 0 Å². The number of methoxy groups -OCH3 is 1. The Morgan fingerprint density at radius 3 is 1.90 bits per heavy atom. The van der Waals surface area contributed by atoms with Crippen molar-refractivity contribution in [3.05, 3.63) is 83.9 Å². The lowest BCUT2D eigenvalue weighted by atomic mass is 10.2. The van der Waals surface area contributed by atoms with Crippen LogP contribution in [0.4, 0.5) is 11.4 Å². The molecule has 3 rings (SSSR count). The summed E-state index contributed by atoms with van der Waals surface area (Å²) < 4.78 is 10.5. The van der Waals surface area contributed by atoms with Crippen LogP contribution in [-0.4, -0.2) is 25.5 Å². The molecule has 29 heavy (non-hydrogen) atoms. The lowest BCUT2D eigenvalue weighted by Crippen LogP contribution is -2.20. The second-order valence-corrected chi connectivity index (χ2v) is 6.41. The maximum Gasteiger partial charge on any atom is 0.262 e. The predicted octanol–water partition coefficient (Wildman–Crippen LogP) is 4.27. The highest BCUT2D eigenvalue weighted by atomic mass is 16.5. The van der Waals surface area contributed by atoms with Gasteiger partial charge < -0.3 is 20.1 Å². The van der Waals surface area contributed by atoms with Crippen LogP contribution in [0.25, 0.3) is 0 Å². The first-order valence-electron chi connectivity index (χ1n) is 9.08. The summed E-state index contributed by atoms with van der Waals surface area (Å²) in [7, 11) is 1.57. The first-order chi connectivity index (χ1) is 14.0. The zero-order chi connectivity index (χ0) is 20.6. The third-order valence-corrected chi connectivity index (χ3v) is 4.17. The van der Waals surface area contributed by atoms with Gasteiger partial charge in [-0.15, -0.1) is 0 Å². The Balaban J connectivity index is 1.50. The first-order valence-corrected chi connectivity index (χ1v) is 9.08.